The predicted molar refractivity (Wildman–Crippen MR) is 106 cm³/mol. The van der Waals surface area contributed by atoms with E-state index in [4.69, 9.17) is 0 Å². The molecule has 2 heterocycles. The molecule has 0 spiro atoms. The van der Waals surface area contributed by atoms with Crippen molar-refractivity contribution in [2.45, 2.75) is 25.2 Å². The van der Waals surface area contributed by atoms with Crippen molar-refractivity contribution < 1.29 is 31.1 Å². The topological polar surface area (TPSA) is 45.2 Å². The van der Waals surface area contributed by atoms with Crippen molar-refractivity contribution in [3.8, 4) is 11.8 Å². The number of nitrogens with zero attached hydrogens (tertiary/aromatic N) is 2. The fourth-order valence-electron chi connectivity index (χ4n) is 3.31. The maximum atomic E-state index is 12.7. The van der Waals surface area contributed by atoms with Crippen LogP contribution >= 0.6 is 0 Å². The van der Waals surface area contributed by atoms with Crippen LogP contribution in [0.2, 0.25) is 0 Å². The molecule has 1 fully saturated rings. The lowest BCUT2D eigenvalue weighted by Gasteiger charge is -2.32. The number of nitrogens with one attached hydrogen (secondary N) is 1. The molecule has 1 N–H and O–H groups in total. The Morgan fingerprint density at radius 1 is 1.03 bits per heavy atom. The maximum absolute atomic E-state index is 12.7. The van der Waals surface area contributed by atoms with Gasteiger partial charge < -0.3 is 10.2 Å². The van der Waals surface area contributed by atoms with Gasteiger partial charge in [0.05, 0.1) is 17.7 Å². The van der Waals surface area contributed by atoms with Crippen LogP contribution in [0.5, 0.6) is 0 Å². The van der Waals surface area contributed by atoms with Crippen molar-refractivity contribution in [1.82, 2.24) is 10.3 Å². The zero-order valence-corrected chi connectivity index (χ0v) is 16.7. The molecule has 3 rings (SSSR count). The molecule has 2 aromatic rings. The summed E-state index contributed by atoms with van der Waals surface area (Å²) in [5.41, 5.74) is -1.41. The van der Waals surface area contributed by atoms with Crippen molar-refractivity contribution in [3.05, 3.63) is 59.3 Å². The molecule has 1 aliphatic heterocycles. The summed E-state index contributed by atoms with van der Waals surface area (Å²) < 4.78 is 76.0. The fourth-order valence-corrected chi connectivity index (χ4v) is 3.31. The summed E-state index contributed by atoms with van der Waals surface area (Å²) in [5, 5.41) is 2.65. The van der Waals surface area contributed by atoms with Gasteiger partial charge in [-0.1, -0.05) is 17.9 Å². The molecule has 0 saturated carbocycles. The molecular weight excluding hydrogens is 436 g/mol. The first-order chi connectivity index (χ1) is 15.0. The lowest BCUT2D eigenvalue weighted by Crippen LogP contribution is -2.41. The van der Waals surface area contributed by atoms with E-state index in [1.807, 2.05) is 4.90 Å². The van der Waals surface area contributed by atoms with Gasteiger partial charge in [0.2, 0.25) is 5.91 Å². The molecule has 4 nitrogen and oxygen atoms in total. The second kappa shape index (κ2) is 9.51. The summed E-state index contributed by atoms with van der Waals surface area (Å²) in [5.74, 6) is 5.16. The van der Waals surface area contributed by atoms with Gasteiger partial charge in [-0.3, -0.25) is 4.79 Å². The van der Waals surface area contributed by atoms with Crippen molar-refractivity contribution >= 4 is 11.7 Å². The number of rotatable bonds is 3. The number of benzene rings is 1. The molecule has 170 valence electrons. The number of pyridine rings is 1. The molecule has 1 amide bonds. The van der Waals surface area contributed by atoms with E-state index in [1.165, 1.54) is 18.2 Å². The van der Waals surface area contributed by atoms with Gasteiger partial charge >= 0.3 is 12.4 Å². The fraction of sp³-hybridized carbons (Fsp3) is 0.364. The predicted octanol–water partition coefficient (Wildman–Crippen LogP) is 4.50. The Morgan fingerprint density at radius 2 is 1.72 bits per heavy atom. The van der Waals surface area contributed by atoms with Crippen LogP contribution < -0.4 is 10.2 Å². The minimum absolute atomic E-state index is 0.00421. The Labute approximate surface area is 180 Å². The maximum Gasteiger partial charge on any atom is 0.417 e. The largest absolute Gasteiger partial charge is 0.417 e. The van der Waals surface area contributed by atoms with Crippen LogP contribution in [0.25, 0.3) is 0 Å². The molecule has 0 radical (unpaired) electrons. The molecular formula is C22H19F6N3O. The second-order valence-electron chi connectivity index (χ2n) is 7.26. The number of anilines is 1. The van der Waals surface area contributed by atoms with Crippen LogP contribution in [-0.4, -0.2) is 30.5 Å². The highest BCUT2D eigenvalue weighted by atomic mass is 19.4. The van der Waals surface area contributed by atoms with Crippen LogP contribution in [0, 0.1) is 17.8 Å². The van der Waals surface area contributed by atoms with E-state index in [9.17, 15) is 31.1 Å². The Bertz CT molecular complexity index is 997. The number of hydrogen-bond donors (Lipinski definition) is 1. The Balaban J connectivity index is 1.47. The third kappa shape index (κ3) is 6.15. The van der Waals surface area contributed by atoms with E-state index in [2.05, 4.69) is 22.1 Å². The van der Waals surface area contributed by atoms with Crippen LogP contribution in [0.15, 0.2) is 42.6 Å². The van der Waals surface area contributed by atoms with Gasteiger partial charge in [-0.2, -0.15) is 26.3 Å². The minimum Gasteiger partial charge on any atom is -0.357 e. The molecule has 1 aromatic heterocycles. The molecule has 1 saturated heterocycles. The van der Waals surface area contributed by atoms with Crippen LogP contribution in [0.1, 0.15) is 29.5 Å². The second-order valence-corrected chi connectivity index (χ2v) is 7.26. The molecule has 1 aromatic carbocycles. The van der Waals surface area contributed by atoms with Crippen molar-refractivity contribution in [3.63, 3.8) is 0 Å². The first-order valence-corrected chi connectivity index (χ1v) is 9.76. The summed E-state index contributed by atoms with van der Waals surface area (Å²) in [4.78, 5) is 18.0. The molecule has 1 aliphatic rings. The normalized spacial score (nSPS) is 15.1. The van der Waals surface area contributed by atoms with E-state index in [0.717, 1.165) is 24.4 Å². The van der Waals surface area contributed by atoms with Gasteiger partial charge in [0.15, 0.2) is 0 Å². The summed E-state index contributed by atoms with van der Waals surface area (Å²) in [7, 11) is 0. The van der Waals surface area contributed by atoms with Crippen molar-refractivity contribution in [2.75, 3.05) is 24.5 Å². The molecule has 0 bridgehead atoms. The van der Waals surface area contributed by atoms with Crippen LogP contribution in [0.3, 0.4) is 0 Å². The highest BCUT2D eigenvalue weighted by Crippen LogP contribution is 2.30. The quantitative estimate of drug-likeness (QED) is 0.548. The molecule has 0 unspecified atom stereocenters. The first kappa shape index (κ1) is 23.4. The lowest BCUT2D eigenvalue weighted by molar-refractivity contribution is -0.138. The van der Waals surface area contributed by atoms with Gasteiger partial charge in [-0.25, -0.2) is 4.98 Å². The average Bonchev–Trinajstić information content (AvgIpc) is 2.76. The first-order valence-electron chi connectivity index (χ1n) is 9.76. The van der Waals surface area contributed by atoms with E-state index in [0.29, 0.717) is 31.7 Å². The number of piperidine rings is 1. The number of hydrogen-bond acceptors (Lipinski definition) is 3. The molecule has 0 atom stereocenters. The third-order valence-corrected chi connectivity index (χ3v) is 5.04. The van der Waals surface area contributed by atoms with Gasteiger partial charge in [-0.05, 0) is 43.2 Å². The Hall–Kier alpha value is -3.22. The van der Waals surface area contributed by atoms with Gasteiger partial charge in [0.1, 0.15) is 5.82 Å². The van der Waals surface area contributed by atoms with Crippen molar-refractivity contribution in [1.29, 1.82) is 0 Å². The zero-order chi connectivity index (χ0) is 23.4. The number of alkyl halides is 6. The van der Waals surface area contributed by atoms with Crippen LogP contribution in [-0.2, 0) is 17.1 Å². The highest BCUT2D eigenvalue weighted by Gasteiger charge is 2.32. The zero-order valence-electron chi connectivity index (χ0n) is 16.7. The van der Waals surface area contributed by atoms with E-state index < -0.39 is 23.5 Å². The molecule has 32 heavy (non-hydrogen) atoms. The number of aromatic nitrogens is 1. The summed E-state index contributed by atoms with van der Waals surface area (Å²) in [6.07, 6.45) is -7.11. The summed E-state index contributed by atoms with van der Waals surface area (Å²) >= 11 is 0. The smallest absolute Gasteiger partial charge is 0.357 e. The van der Waals surface area contributed by atoms with Crippen molar-refractivity contribution in [2.24, 2.45) is 5.92 Å². The van der Waals surface area contributed by atoms with Gasteiger partial charge in [0, 0.05) is 30.8 Å². The standard InChI is InChI=1S/C22H19F6N3O/c23-21(24,25)17-5-1-3-15(13-17)4-2-10-29-20(32)16-8-11-31(12-9-16)19-7-6-18(14-30-19)22(26,27)28/h1,3,5-7,13-14,16H,8-12H2,(H,29,32). The Morgan fingerprint density at radius 3 is 2.31 bits per heavy atom. The molecule has 0 aliphatic carbocycles. The van der Waals surface area contributed by atoms with Gasteiger partial charge in [-0.15, -0.1) is 0 Å². The average molecular weight is 455 g/mol. The number of amides is 1. The SMILES string of the molecule is O=C(NCC#Cc1cccc(C(F)(F)F)c1)C1CCN(c2ccc(C(F)(F)F)cn2)CC1. The van der Waals surface area contributed by atoms with Gasteiger partial charge in [0.25, 0.3) is 0 Å². The highest BCUT2D eigenvalue weighted by molar-refractivity contribution is 5.79. The van der Waals surface area contributed by atoms with E-state index in [-0.39, 0.29) is 23.9 Å². The van der Waals surface area contributed by atoms with E-state index >= 15 is 0 Å². The third-order valence-electron chi connectivity index (χ3n) is 5.04. The minimum atomic E-state index is -4.45. The number of carbonyl (C=O) groups is 1. The lowest BCUT2D eigenvalue weighted by atomic mass is 9.96. The monoisotopic (exact) mass is 455 g/mol. The number of carbonyl (C=O) groups excluding carboxylic acids is 1. The Kier molecular flexibility index (Phi) is 6.96. The van der Waals surface area contributed by atoms with E-state index in [1.54, 1.807) is 0 Å². The molecule has 10 heteroatoms. The number of halogens is 6. The summed E-state index contributed by atoms with van der Waals surface area (Å²) in [6, 6.07) is 6.91. The summed E-state index contributed by atoms with van der Waals surface area (Å²) in [6.45, 7) is 0.925. The van der Waals surface area contributed by atoms with Crippen LogP contribution in [0.4, 0.5) is 32.2 Å².